The lowest BCUT2D eigenvalue weighted by molar-refractivity contribution is -0.121. The molecule has 0 radical (unpaired) electrons. The van der Waals surface area contributed by atoms with Gasteiger partial charge >= 0.3 is 0 Å². The minimum atomic E-state index is -3.67. The van der Waals surface area contributed by atoms with Gasteiger partial charge in [0, 0.05) is 18.7 Å². The van der Waals surface area contributed by atoms with Crippen molar-refractivity contribution in [2.45, 2.75) is 24.7 Å². The molecule has 4 rings (SSSR count). The molecule has 2 aliphatic rings. The van der Waals surface area contributed by atoms with Gasteiger partial charge in [-0.1, -0.05) is 24.3 Å². The monoisotopic (exact) mass is 413 g/mol. The molecule has 1 fully saturated rings. The highest BCUT2D eigenvalue weighted by Crippen LogP contribution is 2.30. The number of nitrogens with one attached hydrogen (secondary N) is 1. The second-order valence-corrected chi connectivity index (χ2v) is 8.66. The van der Waals surface area contributed by atoms with Crippen molar-refractivity contribution in [2.75, 3.05) is 25.0 Å². The van der Waals surface area contributed by atoms with Crippen molar-refractivity contribution >= 4 is 27.5 Å². The highest BCUT2D eigenvalue weighted by Gasteiger charge is 2.35. The van der Waals surface area contributed by atoms with E-state index < -0.39 is 10.0 Å². The summed E-state index contributed by atoms with van der Waals surface area (Å²) >= 11 is 0. The number of fused-ring (bicyclic) bond motifs is 1. The normalized spacial score (nSPS) is 20.0. The van der Waals surface area contributed by atoms with Crippen LogP contribution in [0.2, 0.25) is 0 Å². The maximum atomic E-state index is 12.9. The summed E-state index contributed by atoms with van der Waals surface area (Å²) in [6.45, 7) is 3.50. The molecule has 0 saturated carbocycles. The van der Waals surface area contributed by atoms with Crippen molar-refractivity contribution in [3.8, 4) is 5.75 Å². The van der Waals surface area contributed by atoms with Crippen molar-refractivity contribution < 1.29 is 17.9 Å². The van der Waals surface area contributed by atoms with Gasteiger partial charge in [0.1, 0.15) is 10.6 Å². The molecule has 29 heavy (non-hydrogen) atoms. The number of piperidine rings is 1. The van der Waals surface area contributed by atoms with E-state index in [1.165, 1.54) is 0 Å². The first-order valence-electron chi connectivity index (χ1n) is 9.71. The number of para-hydroxylation sites is 2. The topological polar surface area (TPSA) is 88.1 Å². The number of anilines is 1. The largest absolute Gasteiger partial charge is 0.492 e. The van der Waals surface area contributed by atoms with Gasteiger partial charge < -0.3 is 15.0 Å². The van der Waals surface area contributed by atoms with E-state index in [0.29, 0.717) is 42.5 Å². The van der Waals surface area contributed by atoms with E-state index in [-0.39, 0.29) is 16.7 Å². The molecule has 0 spiro atoms. The fourth-order valence-corrected chi connectivity index (χ4v) is 5.01. The number of benzene rings is 2. The molecule has 1 unspecified atom stereocenters. The van der Waals surface area contributed by atoms with Crippen LogP contribution in [0.4, 0.5) is 5.69 Å². The molecule has 0 aliphatic carbocycles. The van der Waals surface area contributed by atoms with Crippen LogP contribution < -0.4 is 10.1 Å². The van der Waals surface area contributed by atoms with E-state index in [4.69, 9.17) is 4.74 Å². The highest BCUT2D eigenvalue weighted by atomic mass is 32.2. The van der Waals surface area contributed by atoms with Gasteiger partial charge in [-0.2, -0.15) is 8.42 Å². The Morgan fingerprint density at radius 3 is 2.79 bits per heavy atom. The third-order valence-corrected chi connectivity index (χ3v) is 6.47. The van der Waals surface area contributed by atoms with Gasteiger partial charge in [0.15, 0.2) is 5.84 Å². The summed E-state index contributed by atoms with van der Waals surface area (Å²) in [5, 5.41) is 2.96. The van der Waals surface area contributed by atoms with Gasteiger partial charge in [-0.15, -0.1) is 4.40 Å². The smallest absolute Gasteiger partial charge is 0.285 e. The number of amides is 1. The van der Waals surface area contributed by atoms with Gasteiger partial charge in [0.2, 0.25) is 5.91 Å². The van der Waals surface area contributed by atoms with Crippen LogP contribution in [0.1, 0.15) is 25.3 Å². The summed E-state index contributed by atoms with van der Waals surface area (Å²) in [4.78, 5) is 15.0. The Kier molecular flexibility index (Phi) is 5.27. The van der Waals surface area contributed by atoms with Crippen molar-refractivity contribution in [3.63, 3.8) is 0 Å². The number of ether oxygens (including phenoxy) is 1. The predicted octanol–water partition coefficient (Wildman–Crippen LogP) is 2.88. The minimum Gasteiger partial charge on any atom is -0.492 e. The zero-order valence-corrected chi connectivity index (χ0v) is 17.0. The number of sulfonamides is 1. The molecule has 2 aromatic carbocycles. The Morgan fingerprint density at radius 2 is 1.97 bits per heavy atom. The van der Waals surface area contributed by atoms with Crippen LogP contribution in [0.25, 0.3) is 0 Å². The number of amidine groups is 1. The van der Waals surface area contributed by atoms with E-state index >= 15 is 0 Å². The second-order valence-electron chi connectivity index (χ2n) is 7.09. The lowest BCUT2D eigenvalue weighted by atomic mass is 9.96. The fraction of sp³-hybridized carbons (Fsp3) is 0.333. The van der Waals surface area contributed by atoms with Crippen LogP contribution in [0.3, 0.4) is 0 Å². The van der Waals surface area contributed by atoms with Crippen LogP contribution in [-0.4, -0.2) is 44.8 Å². The van der Waals surface area contributed by atoms with Crippen LogP contribution in [-0.2, 0) is 14.8 Å². The van der Waals surface area contributed by atoms with Gasteiger partial charge in [0.25, 0.3) is 10.0 Å². The Morgan fingerprint density at radius 1 is 1.21 bits per heavy atom. The minimum absolute atomic E-state index is 0.100. The molecule has 0 aromatic heterocycles. The summed E-state index contributed by atoms with van der Waals surface area (Å²) in [6.07, 6.45) is 1.52. The average Bonchev–Trinajstić information content (AvgIpc) is 3.01. The molecule has 2 heterocycles. The Bertz CT molecular complexity index is 1070. The molecule has 1 N–H and O–H groups in total. The molecule has 152 valence electrons. The van der Waals surface area contributed by atoms with E-state index in [9.17, 15) is 13.2 Å². The van der Waals surface area contributed by atoms with Gasteiger partial charge in [-0.25, -0.2) is 0 Å². The van der Waals surface area contributed by atoms with Gasteiger partial charge in [-0.05, 0) is 44.0 Å². The van der Waals surface area contributed by atoms with E-state index in [0.717, 1.165) is 12.8 Å². The van der Waals surface area contributed by atoms with E-state index in [1.54, 1.807) is 24.3 Å². The third kappa shape index (κ3) is 3.85. The molecule has 7 nitrogen and oxygen atoms in total. The van der Waals surface area contributed by atoms with Crippen molar-refractivity contribution in [1.82, 2.24) is 4.90 Å². The lowest BCUT2D eigenvalue weighted by Gasteiger charge is -2.33. The summed E-state index contributed by atoms with van der Waals surface area (Å²) in [5.74, 6) is 0.706. The van der Waals surface area contributed by atoms with Gasteiger partial charge in [-0.3, -0.25) is 4.79 Å². The molecule has 2 aliphatic heterocycles. The van der Waals surface area contributed by atoms with Crippen LogP contribution in [0.5, 0.6) is 5.75 Å². The number of rotatable bonds is 4. The summed E-state index contributed by atoms with van der Waals surface area (Å²) in [7, 11) is -3.67. The number of carbonyl (C=O) groups excluding carboxylic acids is 1. The second kappa shape index (κ2) is 7.87. The Hall–Kier alpha value is -2.87. The first-order chi connectivity index (χ1) is 14.0. The maximum absolute atomic E-state index is 12.9. The van der Waals surface area contributed by atoms with Crippen LogP contribution in [0.15, 0.2) is 57.8 Å². The maximum Gasteiger partial charge on any atom is 0.285 e. The number of likely N-dealkylation sites (tertiary alicyclic amines) is 1. The van der Waals surface area contributed by atoms with Crippen molar-refractivity contribution in [3.05, 3.63) is 54.1 Å². The van der Waals surface area contributed by atoms with E-state index in [1.807, 2.05) is 36.1 Å². The number of nitrogens with zero attached hydrogens (tertiary/aromatic N) is 2. The molecule has 8 heteroatoms. The summed E-state index contributed by atoms with van der Waals surface area (Å²) in [5.41, 5.74) is 1.25. The van der Waals surface area contributed by atoms with Gasteiger partial charge in [0.05, 0.1) is 18.2 Å². The van der Waals surface area contributed by atoms with E-state index in [2.05, 4.69) is 9.71 Å². The Labute approximate surface area is 170 Å². The highest BCUT2D eigenvalue weighted by molar-refractivity contribution is 7.90. The first kappa shape index (κ1) is 19.4. The molecule has 1 amide bonds. The Balaban J connectivity index is 1.52. The number of hydrogen-bond donors (Lipinski definition) is 1. The first-order valence-corrected chi connectivity index (χ1v) is 11.2. The van der Waals surface area contributed by atoms with Crippen LogP contribution in [0, 0.1) is 5.92 Å². The van der Waals surface area contributed by atoms with Crippen LogP contribution >= 0.6 is 0 Å². The zero-order valence-electron chi connectivity index (χ0n) is 16.2. The standard InChI is InChI=1S/C21H23N3O4S/c1-2-28-18-11-5-4-10-17(18)22-21(25)15-8-7-13-24(14-15)20-16-9-3-6-12-19(16)29(26,27)23-20/h3-6,9-12,15H,2,7-8,13-14H2,1H3,(H,22,25). The summed E-state index contributed by atoms with van der Waals surface area (Å²) < 4.78 is 34.3. The molecule has 1 atom stereocenters. The SMILES string of the molecule is CCOc1ccccc1NC(=O)C1CCCN(C2=NS(=O)(=O)c3ccccc32)C1. The number of carbonyl (C=O) groups is 1. The molecule has 2 aromatic rings. The summed E-state index contributed by atoms with van der Waals surface area (Å²) in [6, 6.07) is 14.2. The zero-order chi connectivity index (χ0) is 20.4. The quantitative estimate of drug-likeness (QED) is 0.833. The molecule has 0 bridgehead atoms. The predicted molar refractivity (Wildman–Crippen MR) is 111 cm³/mol. The lowest BCUT2D eigenvalue weighted by Crippen LogP contribution is -2.43. The van der Waals surface area contributed by atoms with Crippen molar-refractivity contribution in [1.29, 1.82) is 0 Å². The average molecular weight is 413 g/mol. The fourth-order valence-electron chi connectivity index (χ4n) is 3.79. The molecule has 1 saturated heterocycles. The molecular formula is C21H23N3O4S. The molecular weight excluding hydrogens is 390 g/mol. The third-order valence-electron chi connectivity index (χ3n) is 5.15. The van der Waals surface area contributed by atoms with Crippen molar-refractivity contribution in [2.24, 2.45) is 10.3 Å². The number of hydrogen-bond acceptors (Lipinski definition) is 5.